The molecule has 1 aromatic rings. The molecule has 1 fully saturated rings. The Balaban J connectivity index is 1.96. The van der Waals surface area contributed by atoms with Crippen LogP contribution in [0.3, 0.4) is 0 Å². The summed E-state index contributed by atoms with van der Waals surface area (Å²) in [5.74, 6) is 0. The summed E-state index contributed by atoms with van der Waals surface area (Å²) in [6, 6.07) is 6.62. The van der Waals surface area contributed by atoms with Crippen molar-refractivity contribution < 1.29 is 0 Å². The topological polar surface area (TPSA) is 28.2 Å². The van der Waals surface area contributed by atoms with E-state index in [1.54, 1.807) is 0 Å². The van der Waals surface area contributed by atoms with Crippen LogP contribution in [0.5, 0.6) is 0 Å². The third kappa shape index (κ3) is 1.84. The number of halogens is 1. The number of aromatic nitrogens is 1. The summed E-state index contributed by atoms with van der Waals surface area (Å²) in [5.41, 5.74) is 2.14. The van der Waals surface area contributed by atoms with Gasteiger partial charge in [-0.1, -0.05) is 6.07 Å². The number of hydrogen-bond acceptors (Lipinski definition) is 3. The number of piperidine rings is 1. The molecule has 2 aliphatic rings. The van der Waals surface area contributed by atoms with Gasteiger partial charge in [0.1, 0.15) is 4.61 Å². The minimum Gasteiger partial charge on any atom is -0.361 e. The lowest BCUT2D eigenvalue weighted by Crippen LogP contribution is -2.45. The van der Waals surface area contributed by atoms with E-state index in [-0.39, 0.29) is 0 Å². The Labute approximate surface area is 110 Å². The van der Waals surface area contributed by atoms with E-state index in [1.807, 2.05) is 24.4 Å². The molecule has 4 heteroatoms. The first kappa shape index (κ1) is 11.1. The molecule has 0 radical (unpaired) electrons. The minimum absolute atomic E-state index is 0.435. The Kier molecular flexibility index (Phi) is 2.82. The van der Waals surface area contributed by atoms with Gasteiger partial charge in [0.2, 0.25) is 0 Å². The molecule has 0 aliphatic carbocycles. The second kappa shape index (κ2) is 4.33. The predicted octanol–water partition coefficient (Wildman–Crippen LogP) is 2.91. The maximum Gasteiger partial charge on any atom is 0.108 e. The second-order valence-corrected chi connectivity index (χ2v) is 5.48. The molecule has 90 valence electrons. The van der Waals surface area contributed by atoms with Crippen LogP contribution in [0.2, 0.25) is 0 Å². The van der Waals surface area contributed by atoms with Gasteiger partial charge in [-0.05, 0) is 54.2 Å². The number of pyridine rings is 1. The Morgan fingerprint density at radius 3 is 3.00 bits per heavy atom. The molecule has 1 aromatic heterocycles. The van der Waals surface area contributed by atoms with Gasteiger partial charge < -0.3 is 10.2 Å². The summed E-state index contributed by atoms with van der Waals surface area (Å²) in [6.07, 6.45) is 6.04. The Morgan fingerprint density at radius 2 is 2.29 bits per heavy atom. The van der Waals surface area contributed by atoms with Crippen molar-refractivity contribution >= 4 is 21.6 Å². The van der Waals surface area contributed by atoms with Gasteiger partial charge in [0.25, 0.3) is 0 Å². The molecule has 3 heterocycles. The van der Waals surface area contributed by atoms with E-state index in [4.69, 9.17) is 0 Å². The molecule has 1 unspecified atom stereocenters. The van der Waals surface area contributed by atoms with E-state index in [0.717, 1.165) is 16.0 Å². The van der Waals surface area contributed by atoms with Crippen molar-refractivity contribution in [3.63, 3.8) is 0 Å². The van der Waals surface area contributed by atoms with Crippen molar-refractivity contribution in [2.75, 3.05) is 0 Å². The highest BCUT2D eigenvalue weighted by atomic mass is 79.9. The van der Waals surface area contributed by atoms with Crippen LogP contribution in [-0.4, -0.2) is 22.1 Å². The van der Waals surface area contributed by atoms with Crippen LogP contribution in [0.1, 0.15) is 31.9 Å². The molecular formula is C13H16BrN3. The number of hydrogen-bond donors (Lipinski definition) is 1. The Morgan fingerprint density at radius 1 is 1.41 bits per heavy atom. The fourth-order valence-electron chi connectivity index (χ4n) is 2.71. The smallest absolute Gasteiger partial charge is 0.108 e. The van der Waals surface area contributed by atoms with Crippen molar-refractivity contribution in [3.05, 3.63) is 34.7 Å². The maximum absolute atomic E-state index is 4.42. The largest absolute Gasteiger partial charge is 0.361 e. The normalized spacial score (nSPS) is 28.0. The summed E-state index contributed by atoms with van der Waals surface area (Å²) < 4.78 is 1.16. The highest BCUT2D eigenvalue weighted by molar-refractivity contribution is 9.11. The van der Waals surface area contributed by atoms with Gasteiger partial charge in [-0.2, -0.15) is 0 Å². The van der Waals surface area contributed by atoms with Gasteiger partial charge in [-0.15, -0.1) is 0 Å². The highest BCUT2D eigenvalue weighted by Crippen LogP contribution is 2.37. The first-order chi connectivity index (χ1) is 8.27. The molecule has 0 bridgehead atoms. The Hall–Kier alpha value is -1.03. The number of rotatable bonds is 1. The maximum atomic E-state index is 4.42. The molecule has 1 saturated heterocycles. The summed E-state index contributed by atoms with van der Waals surface area (Å²) in [4.78, 5) is 6.86. The summed E-state index contributed by atoms with van der Waals surface area (Å²) >= 11 is 3.73. The van der Waals surface area contributed by atoms with Crippen molar-refractivity contribution in [1.82, 2.24) is 15.2 Å². The van der Waals surface area contributed by atoms with Crippen LogP contribution in [0.25, 0.3) is 5.70 Å². The van der Waals surface area contributed by atoms with Crippen LogP contribution in [0, 0.1) is 0 Å². The van der Waals surface area contributed by atoms with E-state index < -0.39 is 0 Å². The zero-order valence-electron chi connectivity index (χ0n) is 9.86. The monoisotopic (exact) mass is 293 g/mol. The molecule has 0 amide bonds. The first-order valence-corrected chi connectivity index (χ1v) is 6.92. The van der Waals surface area contributed by atoms with E-state index >= 15 is 0 Å². The Bertz CT molecular complexity index is 443. The molecule has 2 atom stereocenters. The van der Waals surface area contributed by atoms with E-state index in [9.17, 15) is 0 Å². The molecule has 2 aliphatic heterocycles. The molecule has 3 nitrogen and oxygen atoms in total. The second-order valence-electron chi connectivity index (χ2n) is 4.73. The minimum atomic E-state index is 0.435. The van der Waals surface area contributed by atoms with Crippen LogP contribution in [0.4, 0.5) is 0 Å². The standard InChI is InChI=1S/C13H16BrN3/c1-9-5-4-7-11-16-12(13(14)17(9)11)10-6-2-3-8-15-10/h2-3,6,8-9,11,16H,4-5,7H2,1H3/t9-,11?/m1/s1. The SMILES string of the molecule is C[C@@H]1CCCC2NC(c3ccccn3)=C(Br)N21. The highest BCUT2D eigenvalue weighted by Gasteiger charge is 2.36. The van der Waals surface area contributed by atoms with E-state index in [1.165, 1.54) is 19.3 Å². The molecule has 0 saturated carbocycles. The average molecular weight is 294 g/mol. The molecule has 1 N–H and O–H groups in total. The lowest BCUT2D eigenvalue weighted by molar-refractivity contribution is 0.152. The van der Waals surface area contributed by atoms with Crippen molar-refractivity contribution in [3.8, 4) is 0 Å². The van der Waals surface area contributed by atoms with Gasteiger partial charge in [-0.25, -0.2) is 0 Å². The zero-order valence-corrected chi connectivity index (χ0v) is 11.4. The number of nitrogens with zero attached hydrogens (tertiary/aromatic N) is 2. The number of fused-ring (bicyclic) bond motifs is 1. The molecular weight excluding hydrogens is 278 g/mol. The molecule has 17 heavy (non-hydrogen) atoms. The van der Waals surface area contributed by atoms with Gasteiger partial charge >= 0.3 is 0 Å². The summed E-state index contributed by atoms with van der Waals surface area (Å²) in [7, 11) is 0. The van der Waals surface area contributed by atoms with E-state index in [0.29, 0.717) is 12.2 Å². The third-order valence-corrected chi connectivity index (χ3v) is 4.38. The third-order valence-electron chi connectivity index (χ3n) is 3.58. The van der Waals surface area contributed by atoms with Gasteiger partial charge in [-0.3, -0.25) is 4.98 Å². The first-order valence-electron chi connectivity index (χ1n) is 6.13. The number of nitrogens with one attached hydrogen (secondary N) is 1. The van der Waals surface area contributed by atoms with Crippen LogP contribution >= 0.6 is 15.9 Å². The van der Waals surface area contributed by atoms with Crippen molar-refractivity contribution in [2.24, 2.45) is 0 Å². The quantitative estimate of drug-likeness (QED) is 0.807. The van der Waals surface area contributed by atoms with Crippen LogP contribution in [-0.2, 0) is 0 Å². The van der Waals surface area contributed by atoms with Gasteiger partial charge in [0.15, 0.2) is 0 Å². The lowest BCUT2D eigenvalue weighted by atomic mass is 10.0. The van der Waals surface area contributed by atoms with Gasteiger partial charge in [0, 0.05) is 12.2 Å². The van der Waals surface area contributed by atoms with Crippen LogP contribution < -0.4 is 5.32 Å². The van der Waals surface area contributed by atoms with Crippen molar-refractivity contribution in [2.45, 2.75) is 38.4 Å². The molecule has 0 aromatic carbocycles. The molecule has 3 rings (SSSR count). The predicted molar refractivity (Wildman–Crippen MR) is 72.2 cm³/mol. The fraction of sp³-hybridized carbons (Fsp3) is 0.462. The van der Waals surface area contributed by atoms with Crippen LogP contribution in [0.15, 0.2) is 29.0 Å². The van der Waals surface area contributed by atoms with Gasteiger partial charge in [0.05, 0.1) is 17.6 Å². The summed E-state index contributed by atoms with van der Waals surface area (Å²) in [5, 5.41) is 3.59. The zero-order chi connectivity index (χ0) is 11.8. The van der Waals surface area contributed by atoms with E-state index in [2.05, 4.69) is 38.1 Å². The fourth-order valence-corrected chi connectivity index (χ4v) is 3.62. The lowest BCUT2D eigenvalue weighted by Gasteiger charge is -2.37. The molecule has 0 spiro atoms. The van der Waals surface area contributed by atoms with Crippen molar-refractivity contribution in [1.29, 1.82) is 0 Å². The summed E-state index contributed by atoms with van der Waals surface area (Å²) in [6.45, 7) is 2.29. The average Bonchev–Trinajstić information content (AvgIpc) is 2.69.